The predicted molar refractivity (Wildman–Crippen MR) is 117 cm³/mol. The van der Waals surface area contributed by atoms with Gasteiger partial charge in [-0.05, 0) is 48.0 Å². The summed E-state index contributed by atoms with van der Waals surface area (Å²) >= 11 is 0. The average Bonchev–Trinajstić information content (AvgIpc) is 3.30. The number of hydrogen-bond acceptors (Lipinski definition) is 9. The van der Waals surface area contributed by atoms with Gasteiger partial charge in [-0.25, -0.2) is 14.5 Å². The number of methoxy groups -OCH3 is 1. The fraction of sp³-hybridized carbons (Fsp3) is 0.304. The van der Waals surface area contributed by atoms with Crippen molar-refractivity contribution in [1.82, 2.24) is 20.2 Å². The van der Waals surface area contributed by atoms with Gasteiger partial charge in [-0.15, -0.1) is 0 Å². The maximum Gasteiger partial charge on any atom is 0.338 e. The molecule has 0 fully saturated rings. The van der Waals surface area contributed by atoms with Crippen LogP contribution in [-0.4, -0.2) is 51.6 Å². The summed E-state index contributed by atoms with van der Waals surface area (Å²) in [6, 6.07) is 13.8. The number of ether oxygens (including phenoxy) is 3. The minimum absolute atomic E-state index is 0.255. The Labute approximate surface area is 190 Å². The van der Waals surface area contributed by atoms with Crippen LogP contribution in [0.25, 0.3) is 0 Å². The topological polar surface area (TPSA) is 118 Å². The van der Waals surface area contributed by atoms with E-state index in [0.717, 1.165) is 11.1 Å². The van der Waals surface area contributed by atoms with Crippen LogP contribution in [-0.2, 0) is 20.9 Å². The van der Waals surface area contributed by atoms with Crippen LogP contribution in [0.15, 0.2) is 53.5 Å². The molecule has 1 aromatic heterocycles. The predicted octanol–water partition coefficient (Wildman–Crippen LogP) is 2.91. The van der Waals surface area contributed by atoms with Crippen molar-refractivity contribution in [2.75, 3.05) is 13.7 Å². The summed E-state index contributed by atoms with van der Waals surface area (Å²) in [5.41, 5.74) is 2.62. The molecule has 0 radical (unpaired) electrons. The lowest BCUT2D eigenvalue weighted by atomic mass is 9.88. The zero-order valence-electron chi connectivity index (χ0n) is 18.5. The Bertz CT molecular complexity index is 1190. The van der Waals surface area contributed by atoms with Gasteiger partial charge in [-0.2, -0.15) is 0 Å². The smallest absolute Gasteiger partial charge is 0.338 e. The maximum absolute atomic E-state index is 12.7. The Kier molecular flexibility index (Phi) is 6.43. The summed E-state index contributed by atoms with van der Waals surface area (Å²) in [6.07, 6.45) is 0. The molecule has 0 spiro atoms. The average molecular weight is 449 g/mol. The third-order valence-electron chi connectivity index (χ3n) is 5.33. The molecule has 3 aromatic rings. The molecule has 2 atom stereocenters. The highest BCUT2D eigenvalue weighted by Crippen LogP contribution is 2.39. The fourth-order valence-corrected chi connectivity index (χ4v) is 3.75. The number of esters is 2. The normalized spacial score (nSPS) is 17.0. The van der Waals surface area contributed by atoms with Gasteiger partial charge in [0.05, 0.1) is 19.3 Å². The van der Waals surface area contributed by atoms with Gasteiger partial charge in [-0.1, -0.05) is 35.4 Å². The molecule has 4 rings (SSSR count). The van der Waals surface area contributed by atoms with E-state index in [4.69, 9.17) is 14.2 Å². The molecule has 0 saturated heterocycles. The quantitative estimate of drug-likeness (QED) is 0.505. The number of benzene rings is 2. The third kappa shape index (κ3) is 4.45. The van der Waals surface area contributed by atoms with Crippen molar-refractivity contribution >= 4 is 23.6 Å². The molecule has 2 heterocycles. The summed E-state index contributed by atoms with van der Waals surface area (Å²) in [6.45, 7) is 4.09. The van der Waals surface area contributed by atoms with Gasteiger partial charge in [0.2, 0.25) is 0 Å². The van der Waals surface area contributed by atoms with Gasteiger partial charge in [0.1, 0.15) is 24.3 Å². The highest BCUT2D eigenvalue weighted by molar-refractivity contribution is 6.03. The van der Waals surface area contributed by atoms with Crippen molar-refractivity contribution in [1.29, 1.82) is 0 Å². The van der Waals surface area contributed by atoms with E-state index >= 15 is 0 Å². The highest BCUT2D eigenvalue weighted by Gasteiger charge is 2.41. The summed E-state index contributed by atoms with van der Waals surface area (Å²) < 4.78 is 17.7. The van der Waals surface area contributed by atoms with Crippen LogP contribution in [0.4, 0.5) is 5.95 Å². The van der Waals surface area contributed by atoms with E-state index in [1.165, 1.54) is 11.8 Å². The highest BCUT2D eigenvalue weighted by atomic mass is 16.5. The lowest BCUT2D eigenvalue weighted by molar-refractivity contribution is -0.144. The van der Waals surface area contributed by atoms with Crippen LogP contribution >= 0.6 is 0 Å². The molecule has 0 saturated carbocycles. The Morgan fingerprint density at radius 1 is 1.09 bits per heavy atom. The van der Waals surface area contributed by atoms with Crippen LogP contribution in [0.2, 0.25) is 0 Å². The summed E-state index contributed by atoms with van der Waals surface area (Å²) in [7, 11) is 1.34. The first-order chi connectivity index (χ1) is 16.0. The monoisotopic (exact) mass is 449 g/mol. The van der Waals surface area contributed by atoms with E-state index in [9.17, 15) is 9.59 Å². The number of aromatic nitrogens is 4. The lowest BCUT2D eigenvalue weighted by Crippen LogP contribution is -2.36. The van der Waals surface area contributed by atoms with Crippen LogP contribution in [0.5, 0.6) is 5.75 Å². The van der Waals surface area contributed by atoms with Gasteiger partial charge in [0.25, 0.3) is 5.95 Å². The molecule has 170 valence electrons. The van der Waals surface area contributed by atoms with Crippen molar-refractivity contribution in [2.45, 2.75) is 26.5 Å². The van der Waals surface area contributed by atoms with Crippen molar-refractivity contribution < 1.29 is 23.8 Å². The summed E-state index contributed by atoms with van der Waals surface area (Å²) in [5.74, 6) is -0.633. The molecular formula is C23H23N5O5. The number of fused-ring (bicyclic) bond motifs is 1. The van der Waals surface area contributed by atoms with Crippen LogP contribution in [0.1, 0.15) is 41.4 Å². The molecule has 33 heavy (non-hydrogen) atoms. The van der Waals surface area contributed by atoms with Crippen molar-refractivity contribution in [2.24, 2.45) is 10.9 Å². The van der Waals surface area contributed by atoms with Gasteiger partial charge in [0.15, 0.2) is 0 Å². The number of aliphatic imine (C=N–C) groups is 1. The zero-order valence-corrected chi connectivity index (χ0v) is 18.5. The van der Waals surface area contributed by atoms with Crippen LogP contribution < -0.4 is 4.74 Å². The minimum Gasteiger partial charge on any atom is -0.489 e. The summed E-state index contributed by atoms with van der Waals surface area (Å²) in [5, 5.41) is 11.7. The Morgan fingerprint density at radius 3 is 2.58 bits per heavy atom. The summed E-state index contributed by atoms with van der Waals surface area (Å²) in [4.78, 5) is 28.9. The number of tetrazole rings is 1. The molecular weight excluding hydrogens is 426 g/mol. The van der Waals surface area contributed by atoms with Crippen molar-refractivity contribution in [3.05, 3.63) is 65.2 Å². The first kappa shape index (κ1) is 22.1. The third-order valence-corrected chi connectivity index (χ3v) is 5.33. The van der Waals surface area contributed by atoms with E-state index in [0.29, 0.717) is 29.6 Å². The molecule has 1 aliphatic heterocycles. The second-order valence-electron chi connectivity index (χ2n) is 7.37. The minimum atomic E-state index is -0.709. The zero-order chi connectivity index (χ0) is 23.4. The van der Waals surface area contributed by atoms with Crippen LogP contribution in [0.3, 0.4) is 0 Å². The molecule has 10 heteroatoms. The van der Waals surface area contributed by atoms with E-state index < -0.39 is 17.9 Å². The van der Waals surface area contributed by atoms with Crippen molar-refractivity contribution in [3.63, 3.8) is 0 Å². The van der Waals surface area contributed by atoms with E-state index in [1.54, 1.807) is 26.0 Å². The molecule has 0 bridgehead atoms. The number of carbonyl (C=O) groups excluding carboxylic acids is 2. The molecule has 0 N–H and O–H groups in total. The Balaban J connectivity index is 1.61. The Hall–Kier alpha value is -4.08. The maximum atomic E-state index is 12.7. The lowest BCUT2D eigenvalue weighted by Gasteiger charge is -2.29. The number of hydrogen-bond donors (Lipinski definition) is 0. The molecule has 0 aliphatic carbocycles. The van der Waals surface area contributed by atoms with Gasteiger partial charge >= 0.3 is 11.9 Å². The standard InChI is InChI=1S/C23H23N5O5/c1-4-32-21(29)16-11-9-15(10-12-16)13-33-18-8-6-5-7-17(18)20-19(22(30)31-3)14(2)24-23-25-26-27-28(20)23/h5-12,19-20H,4,13H2,1-3H3. The molecule has 2 unspecified atom stereocenters. The number of nitrogens with zero attached hydrogens (tertiary/aromatic N) is 5. The van der Waals surface area contributed by atoms with Crippen LogP contribution in [0, 0.1) is 5.92 Å². The van der Waals surface area contributed by atoms with E-state index in [1.807, 2.05) is 36.4 Å². The van der Waals surface area contributed by atoms with Gasteiger partial charge in [-0.3, -0.25) is 4.79 Å². The second kappa shape index (κ2) is 9.60. The number of rotatable bonds is 7. The Morgan fingerprint density at radius 2 is 1.85 bits per heavy atom. The molecule has 0 amide bonds. The molecule has 1 aliphatic rings. The van der Waals surface area contributed by atoms with Gasteiger partial charge in [0, 0.05) is 11.3 Å². The largest absolute Gasteiger partial charge is 0.489 e. The second-order valence-corrected chi connectivity index (χ2v) is 7.37. The number of carbonyl (C=O) groups is 2. The SMILES string of the molecule is CCOC(=O)c1ccc(COc2ccccc2C2C(C(=O)OC)C(C)=Nc3nnnn32)cc1. The van der Waals surface area contributed by atoms with E-state index in [2.05, 4.69) is 20.5 Å². The first-order valence-corrected chi connectivity index (χ1v) is 10.4. The first-order valence-electron chi connectivity index (χ1n) is 10.4. The fourth-order valence-electron chi connectivity index (χ4n) is 3.75. The molecule has 2 aromatic carbocycles. The van der Waals surface area contributed by atoms with Gasteiger partial charge < -0.3 is 14.2 Å². The van der Waals surface area contributed by atoms with E-state index in [-0.39, 0.29) is 12.6 Å². The number of para-hydroxylation sites is 1. The van der Waals surface area contributed by atoms with Crippen molar-refractivity contribution in [3.8, 4) is 5.75 Å². The molecule has 10 nitrogen and oxygen atoms in total.